The third kappa shape index (κ3) is 3.49. The first kappa shape index (κ1) is 14.8. The van der Waals surface area contributed by atoms with Gasteiger partial charge in [0.2, 0.25) is 0 Å². The molecule has 1 fully saturated rings. The van der Waals surface area contributed by atoms with E-state index in [1.807, 2.05) is 30.3 Å². The second-order valence-electron chi connectivity index (χ2n) is 4.70. The SMILES string of the molecule is O=C(CCl)[C@H]1C[C@H](O)CN1C(=O)OCc1ccccc1. The van der Waals surface area contributed by atoms with Crippen LogP contribution in [0.2, 0.25) is 0 Å². The van der Waals surface area contributed by atoms with E-state index in [2.05, 4.69) is 0 Å². The molecule has 1 amide bonds. The first-order valence-electron chi connectivity index (χ1n) is 6.36. The maximum atomic E-state index is 12.0. The number of carbonyl (C=O) groups excluding carboxylic acids is 2. The van der Waals surface area contributed by atoms with E-state index in [1.54, 1.807) is 0 Å². The minimum absolute atomic E-state index is 0.0981. The van der Waals surface area contributed by atoms with Crippen molar-refractivity contribution in [2.24, 2.45) is 0 Å². The number of aliphatic hydroxyl groups is 1. The van der Waals surface area contributed by atoms with Gasteiger partial charge >= 0.3 is 6.09 Å². The van der Waals surface area contributed by atoms with Crippen molar-refractivity contribution in [2.45, 2.75) is 25.2 Å². The minimum atomic E-state index is -0.712. The van der Waals surface area contributed by atoms with Gasteiger partial charge < -0.3 is 9.84 Å². The molecule has 2 atom stereocenters. The maximum Gasteiger partial charge on any atom is 0.410 e. The van der Waals surface area contributed by atoms with Gasteiger partial charge in [-0.25, -0.2) is 4.79 Å². The van der Waals surface area contributed by atoms with Crippen molar-refractivity contribution in [3.63, 3.8) is 0 Å². The topological polar surface area (TPSA) is 66.8 Å². The zero-order chi connectivity index (χ0) is 14.5. The van der Waals surface area contributed by atoms with Gasteiger partial charge in [-0.2, -0.15) is 0 Å². The molecule has 6 heteroatoms. The number of hydrogen-bond acceptors (Lipinski definition) is 4. The van der Waals surface area contributed by atoms with Gasteiger partial charge in [0.1, 0.15) is 6.61 Å². The highest BCUT2D eigenvalue weighted by atomic mass is 35.5. The summed E-state index contributed by atoms with van der Waals surface area (Å²) >= 11 is 5.51. The Morgan fingerprint density at radius 2 is 2.05 bits per heavy atom. The van der Waals surface area contributed by atoms with Crippen molar-refractivity contribution in [1.29, 1.82) is 0 Å². The first-order chi connectivity index (χ1) is 9.61. The average molecular weight is 298 g/mol. The van der Waals surface area contributed by atoms with E-state index >= 15 is 0 Å². The highest BCUT2D eigenvalue weighted by Crippen LogP contribution is 2.20. The highest BCUT2D eigenvalue weighted by Gasteiger charge is 2.39. The van der Waals surface area contributed by atoms with Gasteiger partial charge in [0, 0.05) is 6.42 Å². The van der Waals surface area contributed by atoms with Crippen molar-refractivity contribution in [3.8, 4) is 0 Å². The van der Waals surface area contributed by atoms with Crippen molar-refractivity contribution < 1.29 is 19.4 Å². The number of β-amino-alcohol motifs (C(OH)–C–C–N with tert-alkyl or cyclic N) is 1. The van der Waals surface area contributed by atoms with Gasteiger partial charge in [0.05, 0.1) is 24.6 Å². The Morgan fingerprint density at radius 3 is 2.70 bits per heavy atom. The first-order valence-corrected chi connectivity index (χ1v) is 6.89. The summed E-state index contributed by atoms with van der Waals surface area (Å²) in [6.45, 7) is 0.231. The van der Waals surface area contributed by atoms with E-state index in [0.29, 0.717) is 0 Å². The van der Waals surface area contributed by atoms with Crippen LogP contribution in [0.3, 0.4) is 0 Å². The van der Waals surface area contributed by atoms with Crippen LogP contribution in [0.25, 0.3) is 0 Å². The molecule has 0 saturated carbocycles. The summed E-state index contributed by atoms with van der Waals surface area (Å²) in [6, 6.07) is 8.56. The standard InChI is InChI=1S/C14H16ClNO4/c15-7-13(18)12-6-11(17)8-16(12)14(19)20-9-10-4-2-1-3-5-10/h1-5,11-12,17H,6-9H2/t11-,12+/m0/s1. The number of halogens is 1. The molecular weight excluding hydrogens is 282 g/mol. The van der Waals surface area contributed by atoms with Crippen LogP contribution in [0.5, 0.6) is 0 Å². The fraction of sp³-hybridized carbons (Fsp3) is 0.429. The van der Waals surface area contributed by atoms with Gasteiger partial charge in [0.15, 0.2) is 5.78 Å². The summed E-state index contributed by atoms with van der Waals surface area (Å²) in [4.78, 5) is 24.9. The number of aliphatic hydroxyl groups excluding tert-OH is 1. The predicted molar refractivity (Wildman–Crippen MR) is 73.5 cm³/mol. The lowest BCUT2D eigenvalue weighted by Gasteiger charge is -2.22. The molecule has 20 heavy (non-hydrogen) atoms. The number of benzene rings is 1. The molecule has 5 nitrogen and oxygen atoms in total. The molecule has 0 spiro atoms. The molecule has 0 unspecified atom stereocenters. The third-order valence-corrected chi connectivity index (χ3v) is 3.49. The third-order valence-electron chi connectivity index (χ3n) is 3.22. The number of amides is 1. The number of likely N-dealkylation sites (tertiary alicyclic amines) is 1. The molecule has 0 aliphatic carbocycles. The quantitative estimate of drug-likeness (QED) is 0.857. The van der Waals surface area contributed by atoms with E-state index < -0.39 is 18.2 Å². The Balaban J connectivity index is 1.95. The van der Waals surface area contributed by atoms with Crippen LogP contribution in [-0.2, 0) is 16.1 Å². The summed E-state index contributed by atoms with van der Waals surface area (Å²) in [5.74, 6) is -0.459. The van der Waals surface area contributed by atoms with Crippen molar-refractivity contribution in [3.05, 3.63) is 35.9 Å². The molecule has 1 aromatic carbocycles. The molecule has 0 radical (unpaired) electrons. The van der Waals surface area contributed by atoms with Gasteiger partial charge in [0.25, 0.3) is 0 Å². The zero-order valence-electron chi connectivity index (χ0n) is 10.9. The normalized spacial score (nSPS) is 21.8. The number of hydrogen-bond donors (Lipinski definition) is 1. The second kappa shape index (κ2) is 6.72. The van der Waals surface area contributed by atoms with Crippen LogP contribution < -0.4 is 0 Å². The molecule has 1 aliphatic heterocycles. The molecule has 1 aromatic rings. The number of nitrogens with zero attached hydrogens (tertiary/aromatic N) is 1. The zero-order valence-corrected chi connectivity index (χ0v) is 11.6. The van der Waals surface area contributed by atoms with Crippen molar-refractivity contribution in [2.75, 3.05) is 12.4 Å². The van der Waals surface area contributed by atoms with E-state index in [-0.39, 0.29) is 31.2 Å². The average Bonchev–Trinajstić information content (AvgIpc) is 2.87. The Morgan fingerprint density at radius 1 is 1.35 bits per heavy atom. The Bertz CT molecular complexity index is 479. The van der Waals surface area contributed by atoms with E-state index in [9.17, 15) is 14.7 Å². The molecule has 1 saturated heterocycles. The van der Waals surface area contributed by atoms with Crippen molar-refractivity contribution >= 4 is 23.5 Å². The largest absolute Gasteiger partial charge is 0.445 e. The lowest BCUT2D eigenvalue weighted by atomic mass is 10.1. The number of Topliss-reactive ketones (excluding diaryl/α,β-unsaturated/α-hetero) is 1. The van der Waals surface area contributed by atoms with Crippen LogP contribution in [0.15, 0.2) is 30.3 Å². The molecule has 0 aromatic heterocycles. The number of ketones is 1. The number of ether oxygens (including phenoxy) is 1. The van der Waals surface area contributed by atoms with Crippen LogP contribution >= 0.6 is 11.6 Å². The predicted octanol–water partition coefficient (Wildman–Crippen LogP) is 1.57. The fourth-order valence-electron chi connectivity index (χ4n) is 2.21. The number of alkyl halides is 1. The summed E-state index contributed by atoms with van der Waals surface area (Å²) < 4.78 is 5.17. The van der Waals surface area contributed by atoms with E-state index in [1.165, 1.54) is 4.90 Å². The number of rotatable bonds is 4. The second-order valence-corrected chi connectivity index (χ2v) is 4.97. The fourth-order valence-corrected chi connectivity index (χ4v) is 2.39. The van der Waals surface area contributed by atoms with Crippen LogP contribution in [-0.4, -0.2) is 46.5 Å². The monoisotopic (exact) mass is 297 g/mol. The maximum absolute atomic E-state index is 12.0. The molecule has 1 N–H and O–H groups in total. The molecular formula is C14H16ClNO4. The molecule has 1 aliphatic rings. The van der Waals surface area contributed by atoms with Gasteiger partial charge in [-0.1, -0.05) is 30.3 Å². The molecule has 2 rings (SSSR count). The summed E-state index contributed by atoms with van der Waals surface area (Å²) in [5.41, 5.74) is 0.862. The van der Waals surface area contributed by atoms with Crippen LogP contribution in [0, 0.1) is 0 Å². The minimum Gasteiger partial charge on any atom is -0.445 e. The van der Waals surface area contributed by atoms with Crippen molar-refractivity contribution in [1.82, 2.24) is 4.90 Å². The Kier molecular flexibility index (Phi) is 4.98. The molecule has 108 valence electrons. The Labute approximate surface area is 122 Å². The Hall–Kier alpha value is -1.59. The van der Waals surface area contributed by atoms with Gasteiger partial charge in [-0.3, -0.25) is 9.69 Å². The highest BCUT2D eigenvalue weighted by molar-refractivity contribution is 6.28. The number of carbonyl (C=O) groups is 2. The van der Waals surface area contributed by atoms with Crippen LogP contribution in [0.1, 0.15) is 12.0 Å². The summed E-state index contributed by atoms with van der Waals surface area (Å²) in [5, 5.41) is 9.60. The van der Waals surface area contributed by atoms with Gasteiger partial charge in [-0.05, 0) is 5.56 Å². The molecule has 0 bridgehead atoms. The smallest absolute Gasteiger partial charge is 0.410 e. The van der Waals surface area contributed by atoms with E-state index in [0.717, 1.165) is 5.56 Å². The van der Waals surface area contributed by atoms with Crippen LogP contribution in [0.4, 0.5) is 4.79 Å². The van der Waals surface area contributed by atoms with Gasteiger partial charge in [-0.15, -0.1) is 11.6 Å². The molecule has 1 heterocycles. The van der Waals surface area contributed by atoms with E-state index in [4.69, 9.17) is 16.3 Å². The lowest BCUT2D eigenvalue weighted by molar-refractivity contribution is -0.120. The lowest BCUT2D eigenvalue weighted by Crippen LogP contribution is -2.41. The summed E-state index contributed by atoms with van der Waals surface area (Å²) in [6.07, 6.45) is -1.10. The summed E-state index contributed by atoms with van der Waals surface area (Å²) in [7, 11) is 0.